The second-order valence-electron chi connectivity index (χ2n) is 4.89. The van der Waals surface area contributed by atoms with Gasteiger partial charge in [-0.3, -0.25) is 9.97 Å². The molecule has 2 aromatic rings. The Hall–Kier alpha value is -2.14. The van der Waals surface area contributed by atoms with Crippen molar-refractivity contribution in [3.8, 4) is 11.5 Å². The minimum atomic E-state index is -0.0460. The van der Waals surface area contributed by atoms with Crippen LogP contribution < -0.4 is 14.8 Å². The zero-order valence-electron chi connectivity index (χ0n) is 12.1. The third kappa shape index (κ3) is 2.97. The van der Waals surface area contributed by atoms with Gasteiger partial charge in [0.2, 0.25) is 0 Å². The minimum Gasteiger partial charge on any atom is -0.486 e. The molecule has 0 fully saturated rings. The summed E-state index contributed by atoms with van der Waals surface area (Å²) in [6.45, 7) is 4.20. The number of aromatic nitrogens is 2. The van der Waals surface area contributed by atoms with Crippen LogP contribution in [0.1, 0.15) is 30.6 Å². The summed E-state index contributed by atoms with van der Waals surface area (Å²) in [7, 11) is 0. The fourth-order valence-corrected chi connectivity index (χ4v) is 2.45. The van der Waals surface area contributed by atoms with Gasteiger partial charge in [0.1, 0.15) is 13.2 Å². The lowest BCUT2D eigenvalue weighted by Gasteiger charge is -2.25. The Morgan fingerprint density at radius 1 is 1.24 bits per heavy atom. The smallest absolute Gasteiger partial charge is 0.166 e. The van der Waals surface area contributed by atoms with Gasteiger partial charge in [-0.1, -0.05) is 19.1 Å². The lowest BCUT2D eigenvalue weighted by Crippen LogP contribution is -2.26. The largest absolute Gasteiger partial charge is 0.486 e. The van der Waals surface area contributed by atoms with Crippen molar-refractivity contribution in [2.24, 2.45) is 0 Å². The molecule has 0 aliphatic carbocycles. The SMILES string of the molecule is CCCNC(c1cnccn1)c1cccc2c1OCCO2. The number of nitrogens with one attached hydrogen (secondary N) is 1. The molecule has 0 amide bonds. The van der Waals surface area contributed by atoms with Crippen LogP contribution in [0.15, 0.2) is 36.8 Å². The van der Waals surface area contributed by atoms with Gasteiger partial charge in [0, 0.05) is 18.0 Å². The molecular formula is C16H19N3O2. The summed E-state index contributed by atoms with van der Waals surface area (Å²) in [5.41, 5.74) is 1.93. The third-order valence-electron chi connectivity index (χ3n) is 3.39. The van der Waals surface area contributed by atoms with Gasteiger partial charge in [0.05, 0.1) is 17.9 Å². The highest BCUT2D eigenvalue weighted by Gasteiger charge is 2.23. The van der Waals surface area contributed by atoms with E-state index in [-0.39, 0.29) is 6.04 Å². The molecule has 0 radical (unpaired) electrons. The predicted octanol–water partition coefficient (Wildman–Crippen LogP) is 2.34. The molecule has 1 unspecified atom stereocenters. The van der Waals surface area contributed by atoms with Crippen LogP contribution in [0.2, 0.25) is 0 Å². The first kappa shape index (κ1) is 13.8. The average Bonchev–Trinajstić information content (AvgIpc) is 2.56. The monoisotopic (exact) mass is 285 g/mol. The Morgan fingerprint density at radius 2 is 2.14 bits per heavy atom. The van der Waals surface area contributed by atoms with Crippen molar-refractivity contribution in [2.75, 3.05) is 19.8 Å². The van der Waals surface area contributed by atoms with Crippen molar-refractivity contribution < 1.29 is 9.47 Å². The fourth-order valence-electron chi connectivity index (χ4n) is 2.45. The van der Waals surface area contributed by atoms with Crippen molar-refractivity contribution in [3.63, 3.8) is 0 Å². The van der Waals surface area contributed by atoms with Gasteiger partial charge in [0.15, 0.2) is 11.5 Å². The molecule has 1 N–H and O–H groups in total. The van der Waals surface area contributed by atoms with Gasteiger partial charge in [-0.15, -0.1) is 0 Å². The highest BCUT2D eigenvalue weighted by Crippen LogP contribution is 2.38. The second kappa shape index (κ2) is 6.54. The molecule has 1 aromatic carbocycles. The quantitative estimate of drug-likeness (QED) is 0.913. The summed E-state index contributed by atoms with van der Waals surface area (Å²) in [6, 6.07) is 5.93. The molecule has 1 atom stereocenters. The maximum absolute atomic E-state index is 5.82. The van der Waals surface area contributed by atoms with E-state index in [1.54, 1.807) is 18.6 Å². The Kier molecular flexibility index (Phi) is 4.31. The molecule has 1 aliphatic rings. The Morgan fingerprint density at radius 3 is 2.95 bits per heavy atom. The van der Waals surface area contributed by atoms with Crippen LogP contribution >= 0.6 is 0 Å². The van der Waals surface area contributed by atoms with Gasteiger partial charge >= 0.3 is 0 Å². The highest BCUT2D eigenvalue weighted by molar-refractivity contribution is 5.50. The van der Waals surface area contributed by atoms with E-state index < -0.39 is 0 Å². The molecule has 1 aliphatic heterocycles. The number of para-hydroxylation sites is 1. The zero-order valence-corrected chi connectivity index (χ0v) is 12.1. The van der Waals surface area contributed by atoms with E-state index in [1.807, 2.05) is 12.1 Å². The van der Waals surface area contributed by atoms with E-state index in [2.05, 4.69) is 28.3 Å². The first-order chi connectivity index (χ1) is 10.4. The number of hydrogen-bond donors (Lipinski definition) is 1. The number of benzene rings is 1. The van der Waals surface area contributed by atoms with Crippen LogP contribution in [-0.2, 0) is 0 Å². The van der Waals surface area contributed by atoms with Crippen molar-refractivity contribution in [1.29, 1.82) is 0 Å². The maximum atomic E-state index is 5.82. The third-order valence-corrected chi connectivity index (χ3v) is 3.39. The van der Waals surface area contributed by atoms with Crippen molar-refractivity contribution in [2.45, 2.75) is 19.4 Å². The molecule has 0 saturated carbocycles. The van der Waals surface area contributed by atoms with Crippen LogP contribution in [0.4, 0.5) is 0 Å². The molecule has 3 rings (SSSR count). The Labute approximate surface area is 124 Å². The molecule has 110 valence electrons. The van der Waals surface area contributed by atoms with E-state index in [1.165, 1.54) is 0 Å². The van der Waals surface area contributed by atoms with Crippen LogP contribution in [-0.4, -0.2) is 29.7 Å². The van der Waals surface area contributed by atoms with Gasteiger partial charge in [-0.25, -0.2) is 0 Å². The number of hydrogen-bond acceptors (Lipinski definition) is 5. The fraction of sp³-hybridized carbons (Fsp3) is 0.375. The maximum Gasteiger partial charge on any atom is 0.166 e. The second-order valence-corrected chi connectivity index (χ2v) is 4.89. The van der Waals surface area contributed by atoms with Crippen LogP contribution in [0.5, 0.6) is 11.5 Å². The van der Waals surface area contributed by atoms with Gasteiger partial charge < -0.3 is 14.8 Å². The topological polar surface area (TPSA) is 56.3 Å². The molecule has 0 spiro atoms. The first-order valence-electron chi connectivity index (χ1n) is 7.28. The Bertz CT molecular complexity index is 589. The Balaban J connectivity index is 2.00. The summed E-state index contributed by atoms with van der Waals surface area (Å²) in [5, 5.41) is 3.51. The normalized spacial score (nSPS) is 14.7. The standard InChI is InChI=1S/C16H19N3O2/c1-2-6-19-15(13-11-17-7-8-18-13)12-4-3-5-14-16(12)21-10-9-20-14/h3-5,7-8,11,15,19H,2,6,9-10H2,1H3. The minimum absolute atomic E-state index is 0.0460. The van der Waals surface area contributed by atoms with E-state index in [0.717, 1.165) is 35.7 Å². The molecular weight excluding hydrogens is 266 g/mol. The molecule has 5 nitrogen and oxygen atoms in total. The van der Waals surface area contributed by atoms with Gasteiger partial charge in [0.25, 0.3) is 0 Å². The molecule has 1 aromatic heterocycles. The summed E-state index contributed by atoms with van der Waals surface area (Å²) in [6.07, 6.45) is 6.22. The van der Waals surface area contributed by atoms with Crippen molar-refractivity contribution in [3.05, 3.63) is 48.0 Å². The van der Waals surface area contributed by atoms with Crippen LogP contribution in [0, 0.1) is 0 Å². The lowest BCUT2D eigenvalue weighted by atomic mass is 10.0. The average molecular weight is 285 g/mol. The van der Waals surface area contributed by atoms with E-state index in [0.29, 0.717) is 13.2 Å². The molecule has 2 heterocycles. The number of fused-ring (bicyclic) bond motifs is 1. The van der Waals surface area contributed by atoms with Crippen molar-refractivity contribution in [1.82, 2.24) is 15.3 Å². The lowest BCUT2D eigenvalue weighted by molar-refractivity contribution is 0.169. The van der Waals surface area contributed by atoms with Crippen LogP contribution in [0.25, 0.3) is 0 Å². The number of ether oxygens (including phenoxy) is 2. The van der Waals surface area contributed by atoms with E-state index >= 15 is 0 Å². The first-order valence-corrected chi connectivity index (χ1v) is 7.28. The van der Waals surface area contributed by atoms with Crippen LogP contribution in [0.3, 0.4) is 0 Å². The van der Waals surface area contributed by atoms with Gasteiger partial charge in [-0.2, -0.15) is 0 Å². The summed E-state index contributed by atoms with van der Waals surface area (Å²) in [4.78, 5) is 8.61. The van der Waals surface area contributed by atoms with E-state index in [4.69, 9.17) is 9.47 Å². The predicted molar refractivity (Wildman–Crippen MR) is 79.6 cm³/mol. The van der Waals surface area contributed by atoms with Crippen molar-refractivity contribution >= 4 is 0 Å². The molecule has 21 heavy (non-hydrogen) atoms. The number of nitrogens with zero attached hydrogens (tertiary/aromatic N) is 2. The summed E-state index contributed by atoms with van der Waals surface area (Å²) >= 11 is 0. The number of rotatable bonds is 5. The van der Waals surface area contributed by atoms with Gasteiger partial charge in [-0.05, 0) is 19.0 Å². The summed E-state index contributed by atoms with van der Waals surface area (Å²) in [5.74, 6) is 1.61. The molecule has 5 heteroatoms. The zero-order chi connectivity index (χ0) is 14.5. The summed E-state index contributed by atoms with van der Waals surface area (Å²) < 4.78 is 11.5. The highest BCUT2D eigenvalue weighted by atomic mass is 16.6. The van der Waals surface area contributed by atoms with E-state index in [9.17, 15) is 0 Å². The molecule has 0 saturated heterocycles. The molecule has 0 bridgehead atoms.